The van der Waals surface area contributed by atoms with Crippen LogP contribution in [0.3, 0.4) is 0 Å². The minimum atomic E-state index is -0.249. The van der Waals surface area contributed by atoms with Crippen LogP contribution in [-0.2, 0) is 22.6 Å². The summed E-state index contributed by atoms with van der Waals surface area (Å²) in [4.78, 5) is 27.1. The van der Waals surface area contributed by atoms with Crippen LogP contribution in [0, 0.1) is 0 Å². The predicted octanol–water partition coefficient (Wildman–Crippen LogP) is 0.911. The highest BCUT2D eigenvalue weighted by molar-refractivity contribution is 5.81. The molecule has 1 amide bonds. The first-order valence-corrected chi connectivity index (χ1v) is 9.02. The van der Waals surface area contributed by atoms with Crippen molar-refractivity contribution in [3.05, 3.63) is 59.3 Å². The van der Waals surface area contributed by atoms with Crippen LogP contribution >= 0.6 is 0 Å². The lowest BCUT2D eigenvalue weighted by molar-refractivity contribution is -0.133. The number of aromatic nitrogens is 4. The van der Waals surface area contributed by atoms with Crippen LogP contribution in [0.5, 0.6) is 0 Å². The van der Waals surface area contributed by atoms with Crippen molar-refractivity contribution < 1.29 is 9.53 Å². The van der Waals surface area contributed by atoms with Crippen molar-refractivity contribution >= 4 is 16.7 Å². The van der Waals surface area contributed by atoms with Crippen LogP contribution in [-0.4, -0.2) is 56.2 Å². The number of hydrogen-bond acceptors (Lipinski definition) is 5. The Labute approximate surface area is 156 Å². The van der Waals surface area contributed by atoms with Crippen molar-refractivity contribution in [2.24, 2.45) is 0 Å². The highest BCUT2D eigenvalue weighted by atomic mass is 16.5. The highest BCUT2D eigenvalue weighted by Crippen LogP contribution is 2.10. The summed E-state index contributed by atoms with van der Waals surface area (Å²) in [5.41, 5.74) is -0.249. The van der Waals surface area contributed by atoms with Crippen LogP contribution in [0.25, 0.3) is 10.8 Å². The second kappa shape index (κ2) is 7.71. The van der Waals surface area contributed by atoms with E-state index in [1.54, 1.807) is 28.0 Å². The molecule has 1 aromatic carbocycles. The van der Waals surface area contributed by atoms with Gasteiger partial charge in [-0.05, 0) is 18.6 Å². The van der Waals surface area contributed by atoms with E-state index in [2.05, 4.69) is 10.2 Å². The molecule has 0 unspecified atom stereocenters. The molecule has 1 aliphatic rings. The van der Waals surface area contributed by atoms with Crippen LogP contribution in [0.2, 0.25) is 0 Å². The van der Waals surface area contributed by atoms with Crippen molar-refractivity contribution in [1.82, 2.24) is 24.5 Å². The lowest BCUT2D eigenvalue weighted by Crippen LogP contribution is -2.41. The molecule has 8 heteroatoms. The van der Waals surface area contributed by atoms with E-state index in [0.717, 1.165) is 11.8 Å². The number of nitrogens with zero attached hydrogens (tertiary/aromatic N) is 5. The van der Waals surface area contributed by atoms with Crippen molar-refractivity contribution in [2.75, 3.05) is 19.7 Å². The summed E-state index contributed by atoms with van der Waals surface area (Å²) in [6.07, 6.45) is 5.85. The Bertz CT molecular complexity index is 982. The fraction of sp³-hybridized carbons (Fsp3) is 0.368. The Balaban J connectivity index is 1.48. The summed E-state index contributed by atoms with van der Waals surface area (Å²) in [5.74, 6) is -0.129. The van der Waals surface area contributed by atoms with Gasteiger partial charge in [0, 0.05) is 37.5 Å². The molecule has 3 heterocycles. The van der Waals surface area contributed by atoms with Crippen LogP contribution in [0.1, 0.15) is 6.42 Å². The first-order chi connectivity index (χ1) is 13.2. The van der Waals surface area contributed by atoms with E-state index in [1.165, 1.54) is 4.68 Å². The zero-order chi connectivity index (χ0) is 18.6. The molecule has 1 fully saturated rings. The van der Waals surface area contributed by atoms with Gasteiger partial charge < -0.3 is 9.64 Å². The van der Waals surface area contributed by atoms with E-state index in [-0.39, 0.29) is 24.1 Å². The van der Waals surface area contributed by atoms with E-state index in [1.807, 2.05) is 30.5 Å². The van der Waals surface area contributed by atoms with E-state index in [4.69, 9.17) is 4.74 Å². The number of benzene rings is 1. The second-order valence-electron chi connectivity index (χ2n) is 6.61. The third-order valence-electron chi connectivity index (χ3n) is 4.70. The average molecular weight is 367 g/mol. The quantitative estimate of drug-likeness (QED) is 0.685. The first-order valence-electron chi connectivity index (χ1n) is 9.02. The SMILES string of the molecule is O=C(Cn1ncc2ccccc2c1=O)N1CCCO[C@@H](Cn2cccn2)C1. The number of carbonyl (C=O) groups is 1. The van der Waals surface area contributed by atoms with Crippen molar-refractivity contribution in [1.29, 1.82) is 0 Å². The molecule has 0 N–H and O–H groups in total. The molecule has 140 valence electrons. The van der Waals surface area contributed by atoms with Gasteiger partial charge in [-0.3, -0.25) is 14.3 Å². The molecule has 3 aromatic rings. The minimum absolute atomic E-state index is 0.0713. The minimum Gasteiger partial charge on any atom is -0.374 e. The molecule has 1 saturated heterocycles. The molecule has 4 rings (SSSR count). The van der Waals surface area contributed by atoms with Crippen LogP contribution in [0.4, 0.5) is 0 Å². The van der Waals surface area contributed by atoms with Gasteiger partial charge in [-0.25, -0.2) is 4.68 Å². The highest BCUT2D eigenvalue weighted by Gasteiger charge is 2.23. The van der Waals surface area contributed by atoms with Gasteiger partial charge in [0.2, 0.25) is 5.91 Å². The monoisotopic (exact) mass is 367 g/mol. The predicted molar refractivity (Wildman–Crippen MR) is 99.2 cm³/mol. The average Bonchev–Trinajstić information content (AvgIpc) is 3.08. The number of ether oxygens (including phenoxy) is 1. The zero-order valence-corrected chi connectivity index (χ0v) is 14.9. The first kappa shape index (κ1) is 17.4. The van der Waals surface area contributed by atoms with Gasteiger partial charge in [0.25, 0.3) is 5.56 Å². The molecule has 1 atom stereocenters. The Morgan fingerprint density at radius 1 is 1.22 bits per heavy atom. The molecule has 1 aliphatic heterocycles. The standard InChI is InChI=1S/C19H21N5O3/c25-18(14-24-19(26)17-6-2-1-5-15(17)11-21-24)22-8-4-10-27-16(12-22)13-23-9-3-7-20-23/h1-3,5-7,9,11,16H,4,8,10,12-14H2/t16-/m1/s1. The third-order valence-corrected chi connectivity index (χ3v) is 4.70. The molecule has 8 nitrogen and oxygen atoms in total. The molecular formula is C19H21N5O3. The molecule has 0 radical (unpaired) electrons. The van der Waals surface area contributed by atoms with E-state index in [0.29, 0.717) is 31.6 Å². The van der Waals surface area contributed by atoms with Gasteiger partial charge >= 0.3 is 0 Å². The van der Waals surface area contributed by atoms with Crippen molar-refractivity contribution in [2.45, 2.75) is 25.6 Å². The molecule has 0 spiro atoms. The lowest BCUT2D eigenvalue weighted by Gasteiger charge is -2.24. The summed E-state index contributed by atoms with van der Waals surface area (Å²) >= 11 is 0. The van der Waals surface area contributed by atoms with Gasteiger partial charge in [0.1, 0.15) is 6.54 Å². The van der Waals surface area contributed by atoms with Gasteiger partial charge in [-0.1, -0.05) is 18.2 Å². The summed E-state index contributed by atoms with van der Waals surface area (Å²) in [6, 6.07) is 9.11. The van der Waals surface area contributed by atoms with Crippen LogP contribution in [0.15, 0.2) is 53.7 Å². The maximum Gasteiger partial charge on any atom is 0.275 e. The Kier molecular flexibility index (Phi) is 4.97. The molecule has 2 aromatic heterocycles. The summed E-state index contributed by atoms with van der Waals surface area (Å²) in [6.45, 7) is 2.20. The summed E-state index contributed by atoms with van der Waals surface area (Å²) < 4.78 is 8.88. The van der Waals surface area contributed by atoms with Gasteiger partial charge in [0.15, 0.2) is 0 Å². The number of rotatable bonds is 4. The Morgan fingerprint density at radius 3 is 2.96 bits per heavy atom. The number of amides is 1. The summed E-state index contributed by atoms with van der Waals surface area (Å²) in [7, 11) is 0. The van der Waals surface area contributed by atoms with E-state index < -0.39 is 0 Å². The zero-order valence-electron chi connectivity index (χ0n) is 14.9. The maximum atomic E-state index is 12.8. The normalized spacial score (nSPS) is 17.8. The topological polar surface area (TPSA) is 82.3 Å². The molecule has 0 aliphatic carbocycles. The maximum absolute atomic E-state index is 12.8. The fourth-order valence-electron chi connectivity index (χ4n) is 3.32. The molecular weight excluding hydrogens is 346 g/mol. The number of hydrogen-bond donors (Lipinski definition) is 0. The third kappa shape index (κ3) is 3.90. The van der Waals surface area contributed by atoms with Gasteiger partial charge in [-0.2, -0.15) is 10.2 Å². The fourth-order valence-corrected chi connectivity index (χ4v) is 3.32. The summed E-state index contributed by atoms with van der Waals surface area (Å²) in [5, 5.41) is 9.69. The number of carbonyl (C=O) groups excluding carboxylic acids is 1. The van der Waals surface area contributed by atoms with Gasteiger partial charge in [0.05, 0.1) is 24.2 Å². The second-order valence-corrected chi connectivity index (χ2v) is 6.61. The molecule has 0 saturated carbocycles. The van der Waals surface area contributed by atoms with Crippen molar-refractivity contribution in [3.63, 3.8) is 0 Å². The Hall–Kier alpha value is -3.00. The van der Waals surface area contributed by atoms with Gasteiger partial charge in [-0.15, -0.1) is 0 Å². The molecule has 0 bridgehead atoms. The van der Waals surface area contributed by atoms with E-state index in [9.17, 15) is 9.59 Å². The number of fused-ring (bicyclic) bond motifs is 1. The van der Waals surface area contributed by atoms with Crippen molar-refractivity contribution in [3.8, 4) is 0 Å². The van der Waals surface area contributed by atoms with E-state index >= 15 is 0 Å². The van der Waals surface area contributed by atoms with Crippen LogP contribution < -0.4 is 5.56 Å². The molecule has 27 heavy (non-hydrogen) atoms. The lowest BCUT2D eigenvalue weighted by atomic mass is 10.2. The smallest absolute Gasteiger partial charge is 0.275 e. The Morgan fingerprint density at radius 2 is 2.11 bits per heavy atom. The largest absolute Gasteiger partial charge is 0.374 e.